The van der Waals surface area contributed by atoms with Crippen molar-refractivity contribution in [1.29, 1.82) is 0 Å². The molecule has 2 N–H and O–H groups in total. The van der Waals surface area contributed by atoms with Crippen LogP contribution in [0.3, 0.4) is 0 Å². The number of hydrogen-bond acceptors (Lipinski definition) is 3. The second kappa shape index (κ2) is 6.68. The van der Waals surface area contributed by atoms with Gasteiger partial charge in [0.05, 0.1) is 6.54 Å². The van der Waals surface area contributed by atoms with Gasteiger partial charge >= 0.3 is 0 Å². The van der Waals surface area contributed by atoms with E-state index in [4.69, 9.17) is 0 Å². The number of aryl methyl sites for hydroxylation is 1. The Balaban J connectivity index is 2.41. The van der Waals surface area contributed by atoms with Crippen LogP contribution in [0.2, 0.25) is 0 Å². The summed E-state index contributed by atoms with van der Waals surface area (Å²) in [5.41, 5.74) is 5.51. The number of amides is 1. The van der Waals surface area contributed by atoms with Crippen molar-refractivity contribution in [3.05, 3.63) is 29.8 Å². The summed E-state index contributed by atoms with van der Waals surface area (Å²) < 4.78 is 0. The van der Waals surface area contributed by atoms with E-state index in [9.17, 15) is 4.79 Å². The van der Waals surface area contributed by atoms with Crippen LogP contribution in [0, 0.1) is 6.92 Å². The number of hydrazone groups is 1. The van der Waals surface area contributed by atoms with Crippen molar-refractivity contribution in [1.82, 2.24) is 5.43 Å². The molecule has 0 aliphatic carbocycles. The zero-order valence-corrected chi connectivity index (χ0v) is 10.6. The standard InChI is InChI=1S/C13H19N3O/c1-4-11(3)15-16-13(17)9-14-12-8-6-5-7-10(12)2/h5-8,14H,4,9H2,1-3H3,(H,16,17). The van der Waals surface area contributed by atoms with Gasteiger partial charge < -0.3 is 5.32 Å². The lowest BCUT2D eigenvalue weighted by Crippen LogP contribution is -2.26. The van der Waals surface area contributed by atoms with Gasteiger partial charge in [0.2, 0.25) is 0 Å². The van der Waals surface area contributed by atoms with Gasteiger partial charge in [-0.15, -0.1) is 0 Å². The van der Waals surface area contributed by atoms with Crippen LogP contribution in [0.1, 0.15) is 25.8 Å². The summed E-state index contributed by atoms with van der Waals surface area (Å²) in [7, 11) is 0. The van der Waals surface area contributed by atoms with Crippen LogP contribution < -0.4 is 10.7 Å². The van der Waals surface area contributed by atoms with Gasteiger partial charge in [0.1, 0.15) is 0 Å². The minimum atomic E-state index is -0.138. The predicted octanol–water partition coefficient (Wildman–Crippen LogP) is 2.31. The third-order valence-corrected chi connectivity index (χ3v) is 2.47. The zero-order valence-electron chi connectivity index (χ0n) is 10.6. The molecule has 1 aromatic rings. The normalized spacial score (nSPS) is 11.1. The van der Waals surface area contributed by atoms with Gasteiger partial charge in [0.15, 0.2) is 0 Å². The van der Waals surface area contributed by atoms with Crippen molar-refractivity contribution in [2.45, 2.75) is 27.2 Å². The van der Waals surface area contributed by atoms with Gasteiger partial charge in [-0.2, -0.15) is 5.10 Å². The Kier molecular flexibility index (Phi) is 5.20. The molecule has 1 amide bonds. The van der Waals surface area contributed by atoms with Crippen LogP contribution in [0.5, 0.6) is 0 Å². The van der Waals surface area contributed by atoms with E-state index in [1.54, 1.807) is 0 Å². The second-order valence-electron chi connectivity index (χ2n) is 3.90. The molecular formula is C13H19N3O. The topological polar surface area (TPSA) is 53.5 Å². The molecule has 0 aliphatic heterocycles. The molecule has 4 heteroatoms. The quantitative estimate of drug-likeness (QED) is 0.605. The van der Waals surface area contributed by atoms with Gasteiger partial charge in [-0.25, -0.2) is 5.43 Å². The molecule has 0 heterocycles. The molecule has 0 bridgehead atoms. The Morgan fingerprint density at radius 2 is 2.06 bits per heavy atom. The molecule has 0 radical (unpaired) electrons. The van der Waals surface area contributed by atoms with Crippen molar-refractivity contribution in [3.63, 3.8) is 0 Å². The van der Waals surface area contributed by atoms with Crippen LogP contribution in [0.25, 0.3) is 0 Å². The Labute approximate surface area is 102 Å². The monoisotopic (exact) mass is 233 g/mol. The number of para-hydroxylation sites is 1. The molecule has 0 spiro atoms. The highest BCUT2D eigenvalue weighted by molar-refractivity contribution is 5.85. The van der Waals surface area contributed by atoms with Gasteiger partial charge in [-0.05, 0) is 31.9 Å². The maximum atomic E-state index is 11.5. The van der Waals surface area contributed by atoms with Crippen molar-refractivity contribution >= 4 is 17.3 Å². The molecule has 0 saturated carbocycles. The smallest absolute Gasteiger partial charge is 0.259 e. The highest BCUT2D eigenvalue weighted by atomic mass is 16.2. The molecule has 0 saturated heterocycles. The van der Waals surface area contributed by atoms with Crippen LogP contribution in [-0.4, -0.2) is 18.2 Å². The molecular weight excluding hydrogens is 214 g/mol. The lowest BCUT2D eigenvalue weighted by atomic mass is 10.2. The Bertz CT molecular complexity index is 413. The maximum absolute atomic E-state index is 11.5. The number of rotatable bonds is 5. The summed E-state index contributed by atoms with van der Waals surface area (Å²) in [5.74, 6) is -0.138. The van der Waals surface area contributed by atoms with E-state index in [1.165, 1.54) is 0 Å². The molecule has 1 aromatic carbocycles. The first-order valence-electron chi connectivity index (χ1n) is 5.75. The SMILES string of the molecule is CCC(C)=NNC(=O)CNc1ccccc1C. The molecule has 0 unspecified atom stereocenters. The van der Waals surface area contributed by atoms with Crippen LogP contribution in [0.4, 0.5) is 5.69 Å². The van der Waals surface area contributed by atoms with Gasteiger partial charge in [0, 0.05) is 11.4 Å². The first-order chi connectivity index (χ1) is 8.13. The minimum Gasteiger partial charge on any atom is -0.376 e. The van der Waals surface area contributed by atoms with Gasteiger partial charge in [-0.1, -0.05) is 25.1 Å². The molecule has 0 aliphatic rings. The first-order valence-corrected chi connectivity index (χ1v) is 5.75. The summed E-state index contributed by atoms with van der Waals surface area (Å²) in [4.78, 5) is 11.5. The van der Waals surface area contributed by atoms with E-state index in [0.29, 0.717) is 0 Å². The summed E-state index contributed by atoms with van der Waals surface area (Å²) in [6.07, 6.45) is 0.839. The Hall–Kier alpha value is -1.84. The minimum absolute atomic E-state index is 0.138. The van der Waals surface area contributed by atoms with E-state index in [0.717, 1.165) is 23.4 Å². The lowest BCUT2D eigenvalue weighted by molar-refractivity contribution is -0.119. The average molecular weight is 233 g/mol. The van der Waals surface area contributed by atoms with Gasteiger partial charge in [0.25, 0.3) is 5.91 Å². The third-order valence-electron chi connectivity index (χ3n) is 2.47. The molecule has 0 aromatic heterocycles. The number of carbonyl (C=O) groups excluding carboxylic acids is 1. The maximum Gasteiger partial charge on any atom is 0.259 e. The van der Waals surface area contributed by atoms with Gasteiger partial charge in [-0.3, -0.25) is 4.79 Å². The largest absolute Gasteiger partial charge is 0.376 e. The van der Waals surface area contributed by atoms with Crippen molar-refractivity contribution in [2.24, 2.45) is 5.10 Å². The number of hydrogen-bond donors (Lipinski definition) is 2. The fraction of sp³-hybridized carbons (Fsp3) is 0.385. The predicted molar refractivity (Wildman–Crippen MR) is 71.2 cm³/mol. The lowest BCUT2D eigenvalue weighted by Gasteiger charge is -2.08. The van der Waals surface area contributed by atoms with Crippen LogP contribution in [0.15, 0.2) is 29.4 Å². The number of carbonyl (C=O) groups is 1. The molecule has 1 rings (SSSR count). The highest BCUT2D eigenvalue weighted by Crippen LogP contribution is 2.12. The summed E-state index contributed by atoms with van der Waals surface area (Å²) in [5, 5.41) is 7.03. The van der Waals surface area contributed by atoms with Crippen molar-refractivity contribution in [2.75, 3.05) is 11.9 Å². The van der Waals surface area contributed by atoms with E-state index in [-0.39, 0.29) is 12.5 Å². The summed E-state index contributed by atoms with van der Waals surface area (Å²) >= 11 is 0. The highest BCUT2D eigenvalue weighted by Gasteiger charge is 2.01. The molecule has 4 nitrogen and oxygen atoms in total. The van der Waals surface area contributed by atoms with E-state index in [1.807, 2.05) is 45.0 Å². The Morgan fingerprint density at radius 1 is 1.35 bits per heavy atom. The first kappa shape index (κ1) is 13.2. The number of benzene rings is 1. The van der Waals surface area contributed by atoms with E-state index >= 15 is 0 Å². The number of nitrogens with one attached hydrogen (secondary N) is 2. The van der Waals surface area contributed by atoms with Crippen LogP contribution in [-0.2, 0) is 4.79 Å². The molecule has 92 valence electrons. The number of nitrogens with zero attached hydrogens (tertiary/aromatic N) is 1. The number of anilines is 1. The molecule has 0 atom stereocenters. The van der Waals surface area contributed by atoms with Crippen LogP contribution >= 0.6 is 0 Å². The summed E-state index contributed by atoms with van der Waals surface area (Å²) in [6.45, 7) is 6.11. The van der Waals surface area contributed by atoms with E-state index in [2.05, 4.69) is 15.8 Å². The second-order valence-corrected chi connectivity index (χ2v) is 3.90. The van der Waals surface area contributed by atoms with E-state index < -0.39 is 0 Å². The molecule has 17 heavy (non-hydrogen) atoms. The Morgan fingerprint density at radius 3 is 2.71 bits per heavy atom. The molecule has 0 fully saturated rings. The zero-order chi connectivity index (χ0) is 12.7. The van der Waals surface area contributed by atoms with Crippen molar-refractivity contribution < 1.29 is 4.79 Å². The van der Waals surface area contributed by atoms with Crippen molar-refractivity contribution in [3.8, 4) is 0 Å². The fourth-order valence-electron chi connectivity index (χ4n) is 1.22. The average Bonchev–Trinajstić information content (AvgIpc) is 2.35. The third kappa shape index (κ3) is 4.68. The fourth-order valence-corrected chi connectivity index (χ4v) is 1.22. The summed E-state index contributed by atoms with van der Waals surface area (Å²) in [6, 6.07) is 7.85.